The van der Waals surface area contributed by atoms with Gasteiger partial charge in [-0.15, -0.1) is 0 Å². The van der Waals surface area contributed by atoms with Crippen LogP contribution in [0.15, 0.2) is 90.6 Å². The van der Waals surface area contributed by atoms with Crippen LogP contribution in [0, 0.1) is 6.92 Å². The van der Waals surface area contributed by atoms with Gasteiger partial charge in [-0.2, -0.15) is 0 Å². The van der Waals surface area contributed by atoms with Crippen molar-refractivity contribution in [3.8, 4) is 0 Å². The van der Waals surface area contributed by atoms with Gasteiger partial charge in [0, 0.05) is 12.1 Å². The number of nitrogens with one attached hydrogen (secondary N) is 2. The summed E-state index contributed by atoms with van der Waals surface area (Å²) in [5.74, 6) is -0.662. The van der Waals surface area contributed by atoms with Crippen LogP contribution in [0.3, 0.4) is 0 Å². The first kappa shape index (κ1) is 19.1. The van der Waals surface area contributed by atoms with Crippen LogP contribution in [-0.4, -0.2) is 11.8 Å². The Morgan fingerprint density at radius 2 is 1.43 bits per heavy atom. The molecule has 3 aromatic carbocycles. The zero-order chi connectivity index (χ0) is 19.8. The Kier molecular flexibility index (Phi) is 6.37. The molecule has 2 N–H and O–H groups in total. The van der Waals surface area contributed by atoms with Gasteiger partial charge < -0.3 is 10.6 Å². The molecule has 0 aliphatic rings. The van der Waals surface area contributed by atoms with Crippen molar-refractivity contribution in [2.45, 2.75) is 13.5 Å². The minimum absolute atomic E-state index is 0.202. The molecule has 0 bridgehead atoms. The van der Waals surface area contributed by atoms with Gasteiger partial charge in [0.2, 0.25) is 0 Å². The van der Waals surface area contributed by atoms with Crippen LogP contribution in [-0.2, 0) is 11.3 Å². The predicted molar refractivity (Wildman–Crippen MR) is 111 cm³/mol. The maximum Gasteiger partial charge on any atom is 0.268 e. The van der Waals surface area contributed by atoms with Gasteiger partial charge in [0.1, 0.15) is 5.70 Å². The fourth-order valence-electron chi connectivity index (χ4n) is 2.65. The SMILES string of the molecule is Cc1ccc(C(=O)N/C(=C/c2ccccc2)C(=O)NCc2ccccc2)cc1. The Balaban J connectivity index is 1.78. The molecule has 0 saturated carbocycles. The summed E-state index contributed by atoms with van der Waals surface area (Å²) in [6.07, 6.45) is 1.67. The molecule has 4 nitrogen and oxygen atoms in total. The zero-order valence-electron chi connectivity index (χ0n) is 15.7. The number of carbonyl (C=O) groups is 2. The number of hydrogen-bond donors (Lipinski definition) is 2. The smallest absolute Gasteiger partial charge is 0.268 e. The van der Waals surface area contributed by atoms with Crippen LogP contribution in [0.5, 0.6) is 0 Å². The van der Waals surface area contributed by atoms with Crippen LogP contribution in [0.25, 0.3) is 6.08 Å². The number of amides is 2. The predicted octanol–water partition coefficient (Wildman–Crippen LogP) is 4.08. The molecular weight excluding hydrogens is 348 g/mol. The molecule has 0 radical (unpaired) electrons. The lowest BCUT2D eigenvalue weighted by Gasteiger charge is -2.11. The molecule has 0 heterocycles. The second-order valence-electron chi connectivity index (χ2n) is 6.46. The summed E-state index contributed by atoms with van der Waals surface area (Å²) in [4.78, 5) is 25.4. The van der Waals surface area contributed by atoms with E-state index in [1.165, 1.54) is 0 Å². The highest BCUT2D eigenvalue weighted by Gasteiger charge is 2.14. The number of benzene rings is 3. The van der Waals surface area contributed by atoms with E-state index in [0.717, 1.165) is 16.7 Å². The Morgan fingerprint density at radius 1 is 0.821 bits per heavy atom. The van der Waals surface area contributed by atoms with Crippen LogP contribution < -0.4 is 10.6 Å². The standard InChI is InChI=1S/C24H22N2O2/c1-18-12-14-21(15-13-18)23(27)26-22(16-19-8-4-2-5-9-19)24(28)25-17-20-10-6-3-7-11-20/h2-16H,17H2,1H3,(H,25,28)(H,26,27)/b22-16+. The average Bonchev–Trinajstić information content (AvgIpc) is 2.73. The molecule has 140 valence electrons. The number of carbonyl (C=O) groups excluding carboxylic acids is 2. The highest BCUT2D eigenvalue weighted by molar-refractivity contribution is 6.05. The van der Waals surface area contributed by atoms with E-state index in [4.69, 9.17) is 0 Å². The van der Waals surface area contributed by atoms with E-state index >= 15 is 0 Å². The Bertz CT molecular complexity index is 963. The summed E-state index contributed by atoms with van der Waals surface area (Å²) in [7, 11) is 0. The average molecular weight is 370 g/mol. The lowest BCUT2D eigenvalue weighted by Crippen LogP contribution is -2.34. The summed E-state index contributed by atoms with van der Waals surface area (Å²) in [6, 6.07) is 26.3. The molecule has 3 aromatic rings. The van der Waals surface area contributed by atoms with Gasteiger partial charge in [0.05, 0.1) is 0 Å². The van der Waals surface area contributed by atoms with Crippen molar-refractivity contribution in [1.82, 2.24) is 10.6 Å². The summed E-state index contributed by atoms with van der Waals surface area (Å²) < 4.78 is 0. The second kappa shape index (κ2) is 9.33. The van der Waals surface area contributed by atoms with Gasteiger partial charge in [-0.25, -0.2) is 0 Å². The molecule has 0 fully saturated rings. The van der Waals surface area contributed by atoms with Gasteiger partial charge in [0.15, 0.2) is 0 Å². The van der Waals surface area contributed by atoms with Crippen molar-refractivity contribution < 1.29 is 9.59 Å². The van der Waals surface area contributed by atoms with Crippen LogP contribution >= 0.6 is 0 Å². The van der Waals surface area contributed by atoms with E-state index in [-0.39, 0.29) is 17.5 Å². The molecule has 0 atom stereocenters. The molecule has 0 aromatic heterocycles. The van der Waals surface area contributed by atoms with E-state index < -0.39 is 0 Å². The highest BCUT2D eigenvalue weighted by atomic mass is 16.2. The molecule has 4 heteroatoms. The largest absolute Gasteiger partial charge is 0.347 e. The van der Waals surface area contributed by atoms with Gasteiger partial charge in [0.25, 0.3) is 11.8 Å². The van der Waals surface area contributed by atoms with E-state index in [9.17, 15) is 9.59 Å². The van der Waals surface area contributed by atoms with E-state index in [1.807, 2.05) is 79.7 Å². The van der Waals surface area contributed by atoms with E-state index in [2.05, 4.69) is 10.6 Å². The molecule has 0 saturated heterocycles. The molecule has 3 rings (SSSR count). The van der Waals surface area contributed by atoms with E-state index in [0.29, 0.717) is 12.1 Å². The maximum absolute atomic E-state index is 12.7. The highest BCUT2D eigenvalue weighted by Crippen LogP contribution is 2.08. The van der Waals surface area contributed by atoms with Gasteiger partial charge in [-0.3, -0.25) is 9.59 Å². The van der Waals surface area contributed by atoms with Gasteiger partial charge >= 0.3 is 0 Å². The normalized spacial score (nSPS) is 11.0. The molecule has 0 unspecified atom stereocenters. The van der Waals surface area contributed by atoms with Crippen molar-refractivity contribution >= 4 is 17.9 Å². The quantitative estimate of drug-likeness (QED) is 0.642. The third kappa shape index (κ3) is 5.42. The Morgan fingerprint density at radius 3 is 2.07 bits per heavy atom. The summed E-state index contributed by atoms with van der Waals surface area (Å²) in [6.45, 7) is 2.34. The number of hydrogen-bond acceptors (Lipinski definition) is 2. The van der Waals surface area contributed by atoms with Crippen molar-refractivity contribution in [2.24, 2.45) is 0 Å². The van der Waals surface area contributed by atoms with Crippen molar-refractivity contribution in [1.29, 1.82) is 0 Å². The first-order valence-electron chi connectivity index (χ1n) is 9.09. The molecular formula is C24H22N2O2. The van der Waals surface area contributed by atoms with E-state index in [1.54, 1.807) is 18.2 Å². The Hall–Kier alpha value is -3.66. The lowest BCUT2D eigenvalue weighted by atomic mass is 10.1. The first-order chi connectivity index (χ1) is 13.6. The van der Waals surface area contributed by atoms with Crippen molar-refractivity contribution in [3.63, 3.8) is 0 Å². The summed E-state index contributed by atoms with van der Waals surface area (Å²) in [5.41, 5.74) is 3.58. The number of aryl methyl sites for hydroxylation is 1. The van der Waals surface area contributed by atoms with Crippen molar-refractivity contribution in [3.05, 3.63) is 113 Å². The fraction of sp³-hybridized carbons (Fsp3) is 0.0833. The van der Waals surface area contributed by atoms with Crippen LogP contribution in [0.4, 0.5) is 0 Å². The molecule has 28 heavy (non-hydrogen) atoms. The first-order valence-corrected chi connectivity index (χ1v) is 9.09. The zero-order valence-corrected chi connectivity index (χ0v) is 15.7. The third-order valence-corrected chi connectivity index (χ3v) is 4.21. The minimum Gasteiger partial charge on any atom is -0.347 e. The topological polar surface area (TPSA) is 58.2 Å². The third-order valence-electron chi connectivity index (χ3n) is 4.21. The molecule has 0 aliphatic heterocycles. The van der Waals surface area contributed by atoms with Crippen LogP contribution in [0.1, 0.15) is 27.0 Å². The molecule has 0 aliphatic carbocycles. The minimum atomic E-state index is -0.340. The number of rotatable bonds is 6. The van der Waals surface area contributed by atoms with Crippen molar-refractivity contribution in [2.75, 3.05) is 0 Å². The lowest BCUT2D eigenvalue weighted by molar-refractivity contribution is -0.117. The fourth-order valence-corrected chi connectivity index (χ4v) is 2.65. The van der Waals surface area contributed by atoms with Crippen LogP contribution in [0.2, 0.25) is 0 Å². The monoisotopic (exact) mass is 370 g/mol. The van der Waals surface area contributed by atoms with Gasteiger partial charge in [-0.1, -0.05) is 78.4 Å². The summed E-state index contributed by atoms with van der Waals surface area (Å²) >= 11 is 0. The Labute approximate surface area is 164 Å². The molecule has 0 spiro atoms. The van der Waals surface area contributed by atoms with Gasteiger partial charge in [-0.05, 0) is 36.3 Å². The summed E-state index contributed by atoms with van der Waals surface area (Å²) in [5, 5.41) is 5.61. The maximum atomic E-state index is 12.7. The molecule has 2 amide bonds. The second-order valence-corrected chi connectivity index (χ2v) is 6.46.